The molecular weight excluding hydrogens is 277 g/mol. The highest BCUT2D eigenvalue weighted by Gasteiger charge is 2.31. The lowest BCUT2D eigenvalue weighted by Gasteiger charge is -2.09. The van der Waals surface area contributed by atoms with E-state index in [0.29, 0.717) is 24.8 Å². The van der Waals surface area contributed by atoms with E-state index in [2.05, 4.69) is 5.32 Å². The molecule has 110 valence electrons. The molecule has 1 fully saturated rings. The second-order valence-electron chi connectivity index (χ2n) is 4.64. The maximum Gasteiger partial charge on any atom is 0.417 e. The molecule has 2 rings (SSSR count). The van der Waals surface area contributed by atoms with Crippen molar-refractivity contribution in [2.75, 3.05) is 18.5 Å². The molecular formula is C12H13F3N2O3. The van der Waals surface area contributed by atoms with Gasteiger partial charge in [-0.15, -0.1) is 0 Å². The Morgan fingerprint density at radius 3 is 2.75 bits per heavy atom. The highest BCUT2D eigenvalue weighted by Crippen LogP contribution is 2.29. The largest absolute Gasteiger partial charge is 0.417 e. The Labute approximate surface area is 112 Å². The summed E-state index contributed by atoms with van der Waals surface area (Å²) in [5, 5.41) is 2.11. The van der Waals surface area contributed by atoms with Gasteiger partial charge in [-0.2, -0.15) is 13.2 Å². The second kappa shape index (κ2) is 5.66. The Kier molecular flexibility index (Phi) is 4.12. The SMILES string of the molecule is O=C(COCC1CC1)Nc1cc(C(F)(F)F)c[nH]c1=O. The first-order valence-electron chi connectivity index (χ1n) is 6.04. The molecule has 8 heteroatoms. The zero-order valence-corrected chi connectivity index (χ0v) is 10.4. The molecule has 1 aromatic rings. The Hall–Kier alpha value is -1.83. The monoisotopic (exact) mass is 290 g/mol. The number of rotatable bonds is 5. The molecule has 20 heavy (non-hydrogen) atoms. The van der Waals surface area contributed by atoms with E-state index in [9.17, 15) is 22.8 Å². The zero-order valence-electron chi connectivity index (χ0n) is 10.4. The first kappa shape index (κ1) is 14.6. The van der Waals surface area contributed by atoms with Crippen LogP contribution in [0.25, 0.3) is 0 Å². The van der Waals surface area contributed by atoms with Crippen LogP contribution in [0.15, 0.2) is 17.1 Å². The lowest BCUT2D eigenvalue weighted by Crippen LogP contribution is -2.24. The van der Waals surface area contributed by atoms with E-state index in [1.54, 1.807) is 0 Å². The summed E-state index contributed by atoms with van der Waals surface area (Å²) in [4.78, 5) is 24.7. The van der Waals surface area contributed by atoms with Gasteiger partial charge in [-0.25, -0.2) is 0 Å². The summed E-state index contributed by atoms with van der Waals surface area (Å²) in [6.45, 7) is 0.165. The summed E-state index contributed by atoms with van der Waals surface area (Å²) >= 11 is 0. The number of aromatic amines is 1. The number of halogens is 3. The number of H-pyrrole nitrogens is 1. The third-order valence-corrected chi connectivity index (χ3v) is 2.79. The van der Waals surface area contributed by atoms with Crippen molar-refractivity contribution in [3.05, 3.63) is 28.2 Å². The normalized spacial score (nSPS) is 15.2. The molecule has 0 unspecified atom stereocenters. The third kappa shape index (κ3) is 4.09. The topological polar surface area (TPSA) is 71.2 Å². The molecule has 1 aliphatic rings. The van der Waals surface area contributed by atoms with Crippen molar-refractivity contribution in [2.24, 2.45) is 5.92 Å². The quantitative estimate of drug-likeness (QED) is 0.868. The molecule has 1 heterocycles. The molecule has 0 atom stereocenters. The van der Waals surface area contributed by atoms with E-state index < -0.39 is 28.9 Å². The minimum atomic E-state index is -4.59. The molecule has 2 N–H and O–H groups in total. The van der Waals surface area contributed by atoms with Crippen LogP contribution in [0.1, 0.15) is 18.4 Å². The predicted octanol–water partition coefficient (Wildman–Crippen LogP) is 1.76. The number of alkyl halides is 3. The van der Waals surface area contributed by atoms with Gasteiger partial charge >= 0.3 is 6.18 Å². The number of hydrogen-bond donors (Lipinski definition) is 2. The van der Waals surface area contributed by atoms with Crippen LogP contribution in [-0.2, 0) is 15.7 Å². The van der Waals surface area contributed by atoms with Gasteiger partial charge in [0.05, 0.1) is 12.2 Å². The fraction of sp³-hybridized carbons (Fsp3) is 0.500. The summed E-state index contributed by atoms with van der Waals surface area (Å²) in [6.07, 6.45) is -1.91. The summed E-state index contributed by atoms with van der Waals surface area (Å²) < 4.78 is 42.5. The van der Waals surface area contributed by atoms with Crippen LogP contribution in [0.2, 0.25) is 0 Å². The van der Waals surface area contributed by atoms with E-state index in [4.69, 9.17) is 4.74 Å². The smallest absolute Gasteiger partial charge is 0.371 e. The van der Waals surface area contributed by atoms with Crippen LogP contribution in [0.3, 0.4) is 0 Å². The number of pyridine rings is 1. The van der Waals surface area contributed by atoms with Crippen LogP contribution in [0.4, 0.5) is 18.9 Å². The number of nitrogens with one attached hydrogen (secondary N) is 2. The average Bonchev–Trinajstić information content (AvgIpc) is 3.14. The minimum absolute atomic E-state index is 0.286. The van der Waals surface area contributed by atoms with Gasteiger partial charge in [0, 0.05) is 6.20 Å². The Morgan fingerprint density at radius 2 is 2.15 bits per heavy atom. The lowest BCUT2D eigenvalue weighted by atomic mass is 10.2. The van der Waals surface area contributed by atoms with Crippen molar-refractivity contribution in [1.82, 2.24) is 4.98 Å². The van der Waals surface area contributed by atoms with Crippen molar-refractivity contribution in [3.8, 4) is 0 Å². The summed E-state index contributed by atoms with van der Waals surface area (Å²) in [5.74, 6) is -0.185. The summed E-state index contributed by atoms with van der Waals surface area (Å²) in [7, 11) is 0. The summed E-state index contributed by atoms with van der Waals surface area (Å²) in [5.41, 5.74) is -2.28. The Balaban J connectivity index is 1.96. The molecule has 1 aliphatic carbocycles. The van der Waals surface area contributed by atoms with Gasteiger partial charge in [-0.3, -0.25) is 9.59 Å². The first-order chi connectivity index (χ1) is 9.36. The number of carbonyl (C=O) groups excluding carboxylic acids is 1. The number of anilines is 1. The van der Waals surface area contributed by atoms with Gasteiger partial charge in [0.2, 0.25) is 0 Å². The van der Waals surface area contributed by atoms with Crippen molar-refractivity contribution in [1.29, 1.82) is 0 Å². The number of aromatic nitrogens is 1. The van der Waals surface area contributed by atoms with E-state index in [-0.39, 0.29) is 6.61 Å². The highest BCUT2D eigenvalue weighted by atomic mass is 19.4. The van der Waals surface area contributed by atoms with Crippen LogP contribution in [0.5, 0.6) is 0 Å². The number of ether oxygens (including phenoxy) is 1. The van der Waals surface area contributed by atoms with Crippen molar-refractivity contribution < 1.29 is 22.7 Å². The highest BCUT2D eigenvalue weighted by molar-refractivity contribution is 5.91. The van der Waals surface area contributed by atoms with E-state index >= 15 is 0 Å². The number of carbonyl (C=O) groups is 1. The summed E-state index contributed by atoms with van der Waals surface area (Å²) in [6, 6.07) is 0.595. The van der Waals surface area contributed by atoms with E-state index in [1.807, 2.05) is 4.98 Å². The van der Waals surface area contributed by atoms with Gasteiger partial charge in [0.15, 0.2) is 0 Å². The molecule has 5 nitrogen and oxygen atoms in total. The molecule has 0 spiro atoms. The Bertz CT molecular complexity index is 550. The van der Waals surface area contributed by atoms with Crippen LogP contribution < -0.4 is 10.9 Å². The molecule has 0 aliphatic heterocycles. The van der Waals surface area contributed by atoms with E-state index in [1.165, 1.54) is 0 Å². The molecule has 0 saturated heterocycles. The third-order valence-electron chi connectivity index (χ3n) is 2.79. The first-order valence-corrected chi connectivity index (χ1v) is 6.04. The maximum atomic E-state index is 12.5. The average molecular weight is 290 g/mol. The second-order valence-corrected chi connectivity index (χ2v) is 4.64. The maximum absolute atomic E-state index is 12.5. The predicted molar refractivity (Wildman–Crippen MR) is 64.2 cm³/mol. The van der Waals surface area contributed by atoms with Crippen LogP contribution in [0, 0.1) is 5.92 Å². The van der Waals surface area contributed by atoms with Crippen LogP contribution >= 0.6 is 0 Å². The van der Waals surface area contributed by atoms with Crippen molar-refractivity contribution in [2.45, 2.75) is 19.0 Å². The lowest BCUT2D eigenvalue weighted by molar-refractivity contribution is -0.137. The molecule has 1 saturated carbocycles. The fourth-order valence-corrected chi connectivity index (χ4v) is 1.53. The molecule has 0 bridgehead atoms. The van der Waals surface area contributed by atoms with Gasteiger partial charge in [0.25, 0.3) is 11.5 Å². The minimum Gasteiger partial charge on any atom is -0.371 e. The number of hydrogen-bond acceptors (Lipinski definition) is 3. The van der Waals surface area contributed by atoms with Gasteiger partial charge in [0.1, 0.15) is 12.3 Å². The Morgan fingerprint density at radius 1 is 1.45 bits per heavy atom. The van der Waals surface area contributed by atoms with Crippen molar-refractivity contribution in [3.63, 3.8) is 0 Å². The van der Waals surface area contributed by atoms with Gasteiger partial charge in [-0.1, -0.05) is 0 Å². The standard InChI is InChI=1S/C12H13F3N2O3/c13-12(14,15)8-3-9(11(19)16-4-8)17-10(18)6-20-5-7-1-2-7/h3-4,7H,1-2,5-6H2,(H,16,19)(H,17,18). The molecule has 1 aromatic heterocycles. The molecule has 0 aromatic carbocycles. The van der Waals surface area contributed by atoms with Crippen molar-refractivity contribution >= 4 is 11.6 Å². The zero-order chi connectivity index (χ0) is 14.8. The van der Waals surface area contributed by atoms with Crippen LogP contribution in [-0.4, -0.2) is 24.1 Å². The fourth-order valence-electron chi connectivity index (χ4n) is 1.53. The molecule has 0 radical (unpaired) electrons. The number of amides is 1. The van der Waals surface area contributed by atoms with Gasteiger partial charge in [-0.05, 0) is 24.8 Å². The molecule has 1 amide bonds. The van der Waals surface area contributed by atoms with Gasteiger partial charge < -0.3 is 15.0 Å². The van der Waals surface area contributed by atoms with E-state index in [0.717, 1.165) is 12.8 Å².